The Labute approximate surface area is 138 Å². The summed E-state index contributed by atoms with van der Waals surface area (Å²) in [5, 5.41) is 3.98. The smallest absolute Gasteiger partial charge is 0.245 e. The Morgan fingerprint density at radius 2 is 2.09 bits per heavy atom. The molecule has 6 heteroatoms. The first-order chi connectivity index (χ1) is 11.1. The lowest BCUT2D eigenvalue weighted by Gasteiger charge is -2.16. The van der Waals surface area contributed by atoms with Crippen LogP contribution in [0.4, 0.5) is 5.69 Å². The van der Waals surface area contributed by atoms with Crippen LogP contribution in [-0.2, 0) is 9.59 Å². The van der Waals surface area contributed by atoms with Gasteiger partial charge in [0, 0.05) is 28.4 Å². The van der Waals surface area contributed by atoms with E-state index in [-0.39, 0.29) is 24.2 Å². The molecule has 0 saturated carbocycles. The minimum atomic E-state index is -0.370. The Balaban J connectivity index is 1.58. The minimum Gasteiger partial charge on any atom is -0.312 e. The van der Waals surface area contributed by atoms with Gasteiger partial charge in [0.25, 0.3) is 0 Å². The number of benzene rings is 1. The van der Waals surface area contributed by atoms with Crippen molar-refractivity contribution in [2.75, 3.05) is 11.4 Å². The fraction of sp³-hybridized carbons (Fsp3) is 0.235. The fourth-order valence-electron chi connectivity index (χ4n) is 2.51. The molecule has 2 aromatic rings. The molecule has 2 amide bonds. The number of carbonyl (C=O) groups excluding carboxylic acids is 2. The molecule has 1 aromatic carbocycles. The zero-order valence-corrected chi connectivity index (χ0v) is 13.5. The second-order valence-corrected chi connectivity index (χ2v) is 6.74. The largest absolute Gasteiger partial charge is 0.312 e. The van der Waals surface area contributed by atoms with Gasteiger partial charge in [-0.05, 0) is 31.2 Å². The molecule has 0 bridgehead atoms. The van der Waals surface area contributed by atoms with Crippen LogP contribution in [0.15, 0.2) is 47.6 Å². The molecule has 1 aromatic heterocycles. The first kappa shape index (κ1) is 15.4. The van der Waals surface area contributed by atoms with Crippen LogP contribution in [-0.4, -0.2) is 24.6 Å². The molecule has 23 heavy (non-hydrogen) atoms. The maximum Gasteiger partial charge on any atom is 0.245 e. The second-order valence-electron chi connectivity index (χ2n) is 5.42. The van der Waals surface area contributed by atoms with Gasteiger partial charge in [-0.2, -0.15) is 5.10 Å². The topological polar surface area (TPSA) is 61.8 Å². The van der Waals surface area contributed by atoms with E-state index in [1.54, 1.807) is 22.5 Å². The summed E-state index contributed by atoms with van der Waals surface area (Å²) in [6, 6.07) is 13.3. The van der Waals surface area contributed by atoms with Crippen molar-refractivity contribution < 1.29 is 9.59 Å². The van der Waals surface area contributed by atoms with Crippen molar-refractivity contribution in [3.63, 3.8) is 0 Å². The lowest BCUT2D eigenvalue weighted by molar-refractivity contribution is -0.126. The van der Waals surface area contributed by atoms with Crippen LogP contribution in [0.1, 0.15) is 16.2 Å². The molecule has 1 aliphatic heterocycles. The van der Waals surface area contributed by atoms with Crippen LogP contribution in [0.5, 0.6) is 0 Å². The third kappa shape index (κ3) is 3.65. The maximum atomic E-state index is 12.2. The molecule has 1 unspecified atom stereocenters. The molecule has 1 fully saturated rings. The van der Waals surface area contributed by atoms with Gasteiger partial charge in [0.15, 0.2) is 0 Å². The summed E-state index contributed by atoms with van der Waals surface area (Å²) in [6.45, 7) is 2.41. The van der Waals surface area contributed by atoms with Gasteiger partial charge in [-0.3, -0.25) is 9.59 Å². The number of amides is 2. The summed E-state index contributed by atoms with van der Waals surface area (Å²) in [5.41, 5.74) is 3.36. The Hall–Kier alpha value is -2.47. The first-order valence-electron chi connectivity index (χ1n) is 7.38. The zero-order chi connectivity index (χ0) is 16.2. The highest BCUT2D eigenvalue weighted by Crippen LogP contribution is 2.24. The van der Waals surface area contributed by atoms with E-state index in [0.29, 0.717) is 6.54 Å². The number of aryl methyl sites for hydroxylation is 1. The SMILES string of the molecule is Cc1ccc(/C=N/NC(=O)C2CC(=O)N(c3ccccc3)C2)s1. The molecule has 1 N–H and O–H groups in total. The number of nitrogens with zero attached hydrogens (tertiary/aromatic N) is 2. The highest BCUT2D eigenvalue weighted by molar-refractivity contribution is 7.13. The quantitative estimate of drug-likeness (QED) is 0.693. The van der Waals surface area contributed by atoms with Gasteiger partial charge in [0.05, 0.1) is 12.1 Å². The number of para-hydroxylation sites is 1. The average Bonchev–Trinajstić information content (AvgIpc) is 3.14. The monoisotopic (exact) mass is 327 g/mol. The molecule has 3 rings (SSSR count). The summed E-state index contributed by atoms with van der Waals surface area (Å²) < 4.78 is 0. The van der Waals surface area contributed by atoms with E-state index in [1.807, 2.05) is 49.4 Å². The molecule has 2 heterocycles. The van der Waals surface area contributed by atoms with Crippen LogP contribution in [0, 0.1) is 12.8 Å². The Morgan fingerprint density at radius 1 is 1.30 bits per heavy atom. The first-order valence-corrected chi connectivity index (χ1v) is 8.20. The van der Waals surface area contributed by atoms with Gasteiger partial charge >= 0.3 is 0 Å². The van der Waals surface area contributed by atoms with Crippen molar-refractivity contribution in [2.45, 2.75) is 13.3 Å². The van der Waals surface area contributed by atoms with E-state index in [4.69, 9.17) is 0 Å². The Morgan fingerprint density at radius 3 is 2.78 bits per heavy atom. The number of anilines is 1. The Bertz CT molecular complexity index is 739. The van der Waals surface area contributed by atoms with Crippen LogP contribution < -0.4 is 10.3 Å². The van der Waals surface area contributed by atoms with Gasteiger partial charge in [-0.15, -0.1) is 11.3 Å². The summed E-state index contributed by atoms with van der Waals surface area (Å²) in [5.74, 6) is -0.625. The molecular formula is C17H17N3O2S. The number of rotatable bonds is 4. The number of hydrogen-bond acceptors (Lipinski definition) is 4. The molecule has 1 aliphatic rings. The van der Waals surface area contributed by atoms with Crippen molar-refractivity contribution in [1.82, 2.24) is 5.43 Å². The number of carbonyl (C=O) groups is 2. The lowest BCUT2D eigenvalue weighted by Crippen LogP contribution is -2.30. The number of hydrazone groups is 1. The van der Waals surface area contributed by atoms with Gasteiger partial charge in [0.2, 0.25) is 11.8 Å². The van der Waals surface area contributed by atoms with E-state index in [2.05, 4.69) is 10.5 Å². The van der Waals surface area contributed by atoms with Gasteiger partial charge in [0.1, 0.15) is 0 Å². The summed E-state index contributed by atoms with van der Waals surface area (Å²) in [4.78, 5) is 28.1. The van der Waals surface area contributed by atoms with E-state index in [9.17, 15) is 9.59 Å². The predicted octanol–water partition coefficient (Wildman–Crippen LogP) is 2.56. The van der Waals surface area contributed by atoms with Gasteiger partial charge in [-0.1, -0.05) is 18.2 Å². The van der Waals surface area contributed by atoms with E-state index in [1.165, 1.54) is 4.88 Å². The number of thiophene rings is 1. The fourth-order valence-corrected chi connectivity index (χ4v) is 3.26. The predicted molar refractivity (Wildman–Crippen MR) is 91.7 cm³/mol. The van der Waals surface area contributed by atoms with Crippen LogP contribution in [0.25, 0.3) is 0 Å². The molecular weight excluding hydrogens is 310 g/mol. The van der Waals surface area contributed by atoms with Crippen molar-refractivity contribution in [3.8, 4) is 0 Å². The molecule has 5 nitrogen and oxygen atoms in total. The standard InChI is InChI=1S/C17H17N3O2S/c1-12-7-8-15(23-12)10-18-19-17(22)13-9-16(21)20(11-13)14-5-3-2-4-6-14/h2-8,10,13H,9,11H2,1H3,(H,19,22)/b18-10+. The van der Waals surface area contributed by atoms with Gasteiger partial charge < -0.3 is 4.90 Å². The maximum absolute atomic E-state index is 12.2. The van der Waals surface area contributed by atoms with Crippen molar-refractivity contribution in [1.29, 1.82) is 0 Å². The summed E-state index contributed by atoms with van der Waals surface area (Å²) >= 11 is 1.61. The number of nitrogens with one attached hydrogen (secondary N) is 1. The third-order valence-corrected chi connectivity index (χ3v) is 4.63. The summed E-state index contributed by atoms with van der Waals surface area (Å²) in [7, 11) is 0. The highest BCUT2D eigenvalue weighted by atomic mass is 32.1. The normalized spacial score (nSPS) is 17.9. The molecule has 0 aliphatic carbocycles. The average molecular weight is 327 g/mol. The van der Waals surface area contributed by atoms with Crippen molar-refractivity contribution >= 4 is 35.1 Å². The molecule has 0 radical (unpaired) electrons. The van der Waals surface area contributed by atoms with E-state index in [0.717, 1.165) is 10.6 Å². The van der Waals surface area contributed by atoms with Crippen molar-refractivity contribution in [3.05, 3.63) is 52.2 Å². The third-order valence-electron chi connectivity index (χ3n) is 3.69. The van der Waals surface area contributed by atoms with Crippen LogP contribution in [0.2, 0.25) is 0 Å². The summed E-state index contributed by atoms with van der Waals surface area (Å²) in [6.07, 6.45) is 1.84. The van der Waals surface area contributed by atoms with E-state index >= 15 is 0 Å². The molecule has 0 spiro atoms. The minimum absolute atomic E-state index is 0.0331. The Kier molecular flexibility index (Phi) is 4.52. The molecule has 1 saturated heterocycles. The van der Waals surface area contributed by atoms with Crippen LogP contribution in [0.3, 0.4) is 0 Å². The zero-order valence-electron chi connectivity index (χ0n) is 12.7. The van der Waals surface area contributed by atoms with Gasteiger partial charge in [-0.25, -0.2) is 5.43 Å². The molecule has 1 atom stereocenters. The number of hydrogen-bond donors (Lipinski definition) is 1. The lowest BCUT2D eigenvalue weighted by atomic mass is 10.1. The van der Waals surface area contributed by atoms with Crippen molar-refractivity contribution in [2.24, 2.45) is 11.0 Å². The van der Waals surface area contributed by atoms with Crippen LogP contribution >= 0.6 is 11.3 Å². The second kappa shape index (κ2) is 6.75. The molecule has 118 valence electrons. The van der Waals surface area contributed by atoms with E-state index < -0.39 is 0 Å². The highest BCUT2D eigenvalue weighted by Gasteiger charge is 2.34.